The first-order valence-corrected chi connectivity index (χ1v) is 8.39. The number of hydrogen-bond donors (Lipinski definition) is 1. The van der Waals surface area contributed by atoms with Gasteiger partial charge in [0.2, 0.25) is 10.0 Å². The van der Waals surface area contributed by atoms with Crippen LogP contribution in [0.4, 0.5) is 0 Å². The Hall–Kier alpha value is -0.170. The number of rotatable bonds is 8. The summed E-state index contributed by atoms with van der Waals surface area (Å²) >= 11 is 0. The van der Waals surface area contributed by atoms with Crippen LogP contribution in [0.1, 0.15) is 32.1 Å². The third-order valence-corrected chi connectivity index (χ3v) is 5.48. The molecule has 0 radical (unpaired) electrons. The largest absolute Gasteiger partial charge is 0.379 e. The Morgan fingerprint density at radius 2 is 1.89 bits per heavy atom. The predicted octanol–water partition coefficient (Wildman–Crippen LogP) is 0.804. The van der Waals surface area contributed by atoms with Crippen LogP contribution in [0.5, 0.6) is 0 Å². The Kier molecular flexibility index (Phi) is 7.14. The van der Waals surface area contributed by atoms with E-state index in [0.29, 0.717) is 38.0 Å². The zero-order valence-corrected chi connectivity index (χ0v) is 12.1. The first kappa shape index (κ1) is 15.9. The maximum atomic E-state index is 12.1. The van der Waals surface area contributed by atoms with Crippen LogP contribution < -0.4 is 5.73 Å². The van der Waals surface area contributed by atoms with Gasteiger partial charge in [-0.25, -0.2) is 12.7 Å². The average molecular weight is 278 g/mol. The minimum absolute atomic E-state index is 0.292. The zero-order chi connectivity index (χ0) is 13.4. The number of ether oxygens (including phenoxy) is 1. The van der Waals surface area contributed by atoms with Crippen molar-refractivity contribution in [3.8, 4) is 0 Å². The van der Waals surface area contributed by atoms with Crippen molar-refractivity contribution in [3.63, 3.8) is 0 Å². The van der Waals surface area contributed by atoms with Crippen molar-refractivity contribution < 1.29 is 13.2 Å². The highest BCUT2D eigenvalue weighted by atomic mass is 32.2. The Morgan fingerprint density at radius 1 is 1.22 bits per heavy atom. The molecule has 1 aliphatic rings. The van der Waals surface area contributed by atoms with E-state index in [1.807, 2.05) is 0 Å². The highest BCUT2D eigenvalue weighted by Gasteiger charge is 2.24. The highest BCUT2D eigenvalue weighted by molar-refractivity contribution is 7.89. The second-order valence-corrected chi connectivity index (χ2v) is 7.13. The van der Waals surface area contributed by atoms with Crippen LogP contribution in [0.3, 0.4) is 0 Å². The maximum Gasteiger partial charge on any atom is 0.214 e. The van der Waals surface area contributed by atoms with E-state index in [0.717, 1.165) is 12.8 Å². The van der Waals surface area contributed by atoms with E-state index in [1.165, 1.54) is 23.6 Å². The van der Waals surface area contributed by atoms with E-state index in [9.17, 15) is 8.42 Å². The molecule has 0 aromatic heterocycles. The van der Waals surface area contributed by atoms with Gasteiger partial charge in [0.15, 0.2) is 0 Å². The van der Waals surface area contributed by atoms with Crippen molar-refractivity contribution >= 4 is 10.0 Å². The van der Waals surface area contributed by atoms with Crippen LogP contribution >= 0.6 is 0 Å². The predicted molar refractivity (Wildman–Crippen MR) is 72.9 cm³/mol. The Labute approximate surface area is 111 Å². The third-order valence-electron chi connectivity index (χ3n) is 3.46. The molecular weight excluding hydrogens is 252 g/mol. The van der Waals surface area contributed by atoms with E-state index in [2.05, 4.69) is 0 Å². The molecule has 0 unspecified atom stereocenters. The van der Waals surface area contributed by atoms with Crippen molar-refractivity contribution in [1.29, 1.82) is 0 Å². The molecule has 108 valence electrons. The van der Waals surface area contributed by atoms with Crippen molar-refractivity contribution in [2.75, 3.05) is 39.1 Å². The van der Waals surface area contributed by atoms with Crippen LogP contribution in [-0.4, -0.2) is 51.8 Å². The van der Waals surface area contributed by atoms with Crippen LogP contribution in [0, 0.1) is 5.92 Å². The molecule has 0 aromatic rings. The SMILES string of the molecule is CN(CCOCCN)S(=O)(=O)CC1CCCCC1. The lowest BCUT2D eigenvalue weighted by atomic mass is 9.91. The van der Waals surface area contributed by atoms with Crippen LogP contribution in [-0.2, 0) is 14.8 Å². The van der Waals surface area contributed by atoms with Crippen LogP contribution in [0.15, 0.2) is 0 Å². The minimum Gasteiger partial charge on any atom is -0.379 e. The second kappa shape index (κ2) is 8.09. The van der Waals surface area contributed by atoms with E-state index in [1.54, 1.807) is 7.05 Å². The fourth-order valence-electron chi connectivity index (χ4n) is 2.30. The fourth-order valence-corrected chi connectivity index (χ4v) is 3.83. The summed E-state index contributed by atoms with van der Waals surface area (Å²) in [7, 11) is -1.50. The molecule has 1 saturated carbocycles. The summed E-state index contributed by atoms with van der Waals surface area (Å²) in [6.07, 6.45) is 5.69. The molecule has 0 saturated heterocycles. The fraction of sp³-hybridized carbons (Fsp3) is 1.00. The number of sulfonamides is 1. The van der Waals surface area contributed by atoms with Gasteiger partial charge in [0, 0.05) is 20.1 Å². The molecular formula is C12H26N2O3S. The van der Waals surface area contributed by atoms with Crippen molar-refractivity contribution in [3.05, 3.63) is 0 Å². The number of nitrogens with zero attached hydrogens (tertiary/aromatic N) is 1. The van der Waals surface area contributed by atoms with E-state index >= 15 is 0 Å². The van der Waals surface area contributed by atoms with Crippen molar-refractivity contribution in [2.24, 2.45) is 11.7 Å². The first-order chi connectivity index (χ1) is 8.56. The highest BCUT2D eigenvalue weighted by Crippen LogP contribution is 2.25. The molecule has 5 nitrogen and oxygen atoms in total. The lowest BCUT2D eigenvalue weighted by molar-refractivity contribution is 0.133. The molecule has 1 rings (SSSR count). The molecule has 1 aliphatic carbocycles. The summed E-state index contributed by atoms with van der Waals surface area (Å²) in [5.74, 6) is 0.636. The molecule has 0 amide bonds. The maximum absolute atomic E-state index is 12.1. The van der Waals surface area contributed by atoms with Crippen LogP contribution in [0.25, 0.3) is 0 Å². The van der Waals surface area contributed by atoms with Gasteiger partial charge in [-0.3, -0.25) is 0 Å². The molecule has 6 heteroatoms. The third kappa shape index (κ3) is 5.65. The molecule has 1 fully saturated rings. The van der Waals surface area contributed by atoms with E-state index in [-0.39, 0.29) is 0 Å². The lowest BCUT2D eigenvalue weighted by Crippen LogP contribution is -2.35. The standard InChI is InChI=1S/C12H26N2O3S/c1-14(8-10-17-9-7-13)18(15,16)11-12-5-3-2-4-6-12/h12H,2-11,13H2,1H3. The van der Waals surface area contributed by atoms with Gasteiger partial charge in [0.05, 0.1) is 19.0 Å². The van der Waals surface area contributed by atoms with Gasteiger partial charge >= 0.3 is 0 Å². The summed E-state index contributed by atoms with van der Waals surface area (Å²) in [6.45, 7) is 1.78. The molecule has 18 heavy (non-hydrogen) atoms. The van der Waals surface area contributed by atoms with Gasteiger partial charge in [0.1, 0.15) is 0 Å². The molecule has 0 aromatic carbocycles. The molecule has 2 N–H and O–H groups in total. The average Bonchev–Trinajstić information content (AvgIpc) is 2.35. The summed E-state index contributed by atoms with van der Waals surface area (Å²) < 4.78 is 30.8. The smallest absolute Gasteiger partial charge is 0.214 e. The van der Waals surface area contributed by atoms with Gasteiger partial charge in [0.25, 0.3) is 0 Å². The van der Waals surface area contributed by atoms with E-state index in [4.69, 9.17) is 10.5 Å². The van der Waals surface area contributed by atoms with E-state index < -0.39 is 10.0 Å². The van der Waals surface area contributed by atoms with Gasteiger partial charge in [-0.1, -0.05) is 19.3 Å². The Morgan fingerprint density at radius 3 is 2.50 bits per heavy atom. The number of hydrogen-bond acceptors (Lipinski definition) is 4. The Bertz CT molecular complexity index is 313. The topological polar surface area (TPSA) is 72.6 Å². The normalized spacial score (nSPS) is 18.4. The van der Waals surface area contributed by atoms with Crippen LogP contribution in [0.2, 0.25) is 0 Å². The summed E-state index contributed by atoms with van der Waals surface area (Å²) in [6, 6.07) is 0. The quantitative estimate of drug-likeness (QED) is 0.667. The first-order valence-electron chi connectivity index (χ1n) is 6.78. The van der Waals surface area contributed by atoms with Gasteiger partial charge in [-0.2, -0.15) is 0 Å². The van der Waals surface area contributed by atoms with Gasteiger partial charge in [-0.15, -0.1) is 0 Å². The number of nitrogens with two attached hydrogens (primary N) is 1. The molecule has 0 aliphatic heterocycles. The minimum atomic E-state index is -3.13. The molecule has 0 heterocycles. The van der Waals surface area contributed by atoms with Crippen molar-refractivity contribution in [2.45, 2.75) is 32.1 Å². The van der Waals surface area contributed by atoms with Gasteiger partial charge < -0.3 is 10.5 Å². The molecule has 0 spiro atoms. The van der Waals surface area contributed by atoms with Gasteiger partial charge in [-0.05, 0) is 18.8 Å². The molecule has 0 bridgehead atoms. The number of likely N-dealkylation sites (N-methyl/N-ethyl adjacent to an activating group) is 1. The summed E-state index contributed by atoms with van der Waals surface area (Å²) in [5, 5.41) is 0. The zero-order valence-electron chi connectivity index (χ0n) is 11.3. The van der Waals surface area contributed by atoms with Crippen molar-refractivity contribution in [1.82, 2.24) is 4.31 Å². The molecule has 0 atom stereocenters. The summed E-state index contributed by atoms with van der Waals surface area (Å²) in [4.78, 5) is 0. The summed E-state index contributed by atoms with van der Waals surface area (Å²) in [5.41, 5.74) is 5.30. The lowest BCUT2D eigenvalue weighted by Gasteiger charge is -2.24. The second-order valence-electron chi connectivity index (χ2n) is 5.01. The monoisotopic (exact) mass is 278 g/mol. The Balaban J connectivity index is 2.31.